The highest BCUT2D eigenvalue weighted by molar-refractivity contribution is 5.88. The van der Waals surface area contributed by atoms with E-state index in [9.17, 15) is 19.2 Å². The van der Waals surface area contributed by atoms with Crippen LogP contribution in [0.2, 0.25) is 0 Å². The molecule has 242 valence electrons. The molecule has 0 radical (unpaired) electrons. The molecule has 4 rings (SSSR count). The first-order chi connectivity index (χ1) is 20.8. The molecule has 5 N–H and O–H groups in total. The molecule has 2 aliphatic rings. The molecule has 0 bridgehead atoms. The Labute approximate surface area is 256 Å². The summed E-state index contributed by atoms with van der Waals surface area (Å²) in [5.41, 5.74) is -1.50. The fraction of sp³-hybridized carbons (Fsp3) is 0.581. The first kappa shape index (κ1) is 34.4. The van der Waals surface area contributed by atoms with Crippen LogP contribution in [0.25, 0.3) is 0 Å². The number of hydrogen-bond donors (Lipinski definition) is 5. The van der Waals surface area contributed by atoms with Crippen LogP contribution in [0.3, 0.4) is 0 Å². The third kappa shape index (κ3) is 8.28. The molecule has 0 aliphatic heterocycles. The van der Waals surface area contributed by atoms with Gasteiger partial charge in [0, 0.05) is 43.2 Å². The maximum atomic E-state index is 12.9. The van der Waals surface area contributed by atoms with Gasteiger partial charge in [0.05, 0.1) is 27.1 Å². The monoisotopic (exact) mass is 617 g/mol. The average Bonchev–Trinajstić information content (AvgIpc) is 3.43. The van der Waals surface area contributed by atoms with E-state index in [4.69, 9.17) is 29.9 Å². The number of amides is 1. The van der Waals surface area contributed by atoms with Gasteiger partial charge in [0.15, 0.2) is 17.1 Å². The van der Waals surface area contributed by atoms with Crippen LogP contribution in [0.15, 0.2) is 30.6 Å². The second kappa shape index (κ2) is 15.0. The summed E-state index contributed by atoms with van der Waals surface area (Å²) >= 11 is 0. The number of aliphatic hydroxyl groups is 1. The molecule has 2 aromatic rings. The first-order valence-corrected chi connectivity index (χ1v) is 14.7. The van der Waals surface area contributed by atoms with Crippen LogP contribution in [-0.4, -0.2) is 79.7 Å². The lowest BCUT2D eigenvalue weighted by atomic mass is 9.53. The van der Waals surface area contributed by atoms with Crippen LogP contribution in [0.5, 0.6) is 11.5 Å². The van der Waals surface area contributed by atoms with Gasteiger partial charge in [-0.2, -0.15) is 0 Å². The Bertz CT molecular complexity index is 1310. The normalized spacial score (nSPS) is 20.8. The molecular weight excluding hydrogens is 574 g/mol. The minimum absolute atomic E-state index is 0.128. The number of nitrogens with zero attached hydrogens (tertiary/aromatic N) is 2. The maximum absolute atomic E-state index is 12.9. The SMILES string of the molecule is COc1ccc([C@H]2C3CCCCC3[C@@H]2NC(=O)CCn2ccnc2C(C)C)cc1OC.O=C(O)CC(O)(CC(=O)O)C(=O)O. The number of carbonyl (C=O) groups is 4. The number of aliphatic carboxylic acids is 3. The predicted octanol–water partition coefficient (Wildman–Crippen LogP) is 3.25. The van der Waals surface area contributed by atoms with Crippen LogP contribution in [-0.2, 0) is 25.7 Å². The van der Waals surface area contributed by atoms with Crippen molar-refractivity contribution in [3.8, 4) is 11.5 Å². The molecule has 2 aliphatic carbocycles. The van der Waals surface area contributed by atoms with Crippen molar-refractivity contribution < 1.29 is 49.1 Å². The molecule has 0 spiro atoms. The number of rotatable bonds is 13. The van der Waals surface area contributed by atoms with Crippen molar-refractivity contribution in [1.82, 2.24) is 14.9 Å². The highest BCUT2D eigenvalue weighted by Gasteiger charge is 2.52. The Morgan fingerprint density at radius 2 is 1.61 bits per heavy atom. The number of ether oxygens (including phenoxy) is 2. The molecule has 4 atom stereocenters. The number of aryl methyl sites for hydroxylation is 1. The average molecular weight is 618 g/mol. The summed E-state index contributed by atoms with van der Waals surface area (Å²) in [4.78, 5) is 47.8. The highest BCUT2D eigenvalue weighted by atomic mass is 16.5. The molecule has 44 heavy (non-hydrogen) atoms. The predicted molar refractivity (Wildman–Crippen MR) is 158 cm³/mol. The molecular formula is C31H43N3O10. The van der Waals surface area contributed by atoms with Gasteiger partial charge in [-0.05, 0) is 42.4 Å². The van der Waals surface area contributed by atoms with Crippen molar-refractivity contribution in [2.45, 2.75) is 88.8 Å². The van der Waals surface area contributed by atoms with Crippen molar-refractivity contribution in [3.05, 3.63) is 42.0 Å². The summed E-state index contributed by atoms with van der Waals surface area (Å²) in [6.45, 7) is 4.93. The number of hydrogen-bond acceptors (Lipinski definition) is 8. The lowest BCUT2D eigenvalue weighted by Gasteiger charge is -2.55. The highest BCUT2D eigenvalue weighted by Crippen LogP contribution is 2.55. The van der Waals surface area contributed by atoms with Crippen molar-refractivity contribution in [3.63, 3.8) is 0 Å². The summed E-state index contributed by atoms with van der Waals surface area (Å²) in [6.07, 6.45) is 6.96. The van der Waals surface area contributed by atoms with Gasteiger partial charge in [-0.15, -0.1) is 0 Å². The van der Waals surface area contributed by atoms with Crippen LogP contribution in [0, 0.1) is 11.8 Å². The Morgan fingerprint density at radius 3 is 2.16 bits per heavy atom. The van der Waals surface area contributed by atoms with Gasteiger partial charge in [-0.1, -0.05) is 32.8 Å². The molecule has 1 heterocycles. The molecule has 13 nitrogen and oxygen atoms in total. The lowest BCUT2D eigenvalue weighted by molar-refractivity contribution is -0.170. The van der Waals surface area contributed by atoms with E-state index in [0.29, 0.717) is 36.6 Å². The number of carboxylic acids is 3. The number of carboxylic acid groups (broad SMARTS) is 3. The van der Waals surface area contributed by atoms with E-state index in [2.05, 4.69) is 40.8 Å². The third-order valence-electron chi connectivity index (χ3n) is 8.43. The van der Waals surface area contributed by atoms with Gasteiger partial charge in [0.25, 0.3) is 0 Å². The standard InChI is InChI=1S/C25H35N3O3.C6H8O7/c1-16(2)25-26-12-14-28(25)13-11-22(29)27-24-19-8-6-5-7-18(19)23(24)17-9-10-20(30-3)21(15-17)31-4;7-3(8)1-6(13,5(11)12)2-4(9)10/h9-10,12,14-16,18-19,23-24H,5-8,11,13H2,1-4H3,(H,27,29);13H,1-2H2,(H,7,8)(H,9,10)(H,11,12)/t18?,19?,23-,24-;/m0./s1. The summed E-state index contributed by atoms with van der Waals surface area (Å²) in [6, 6.07) is 6.41. The van der Waals surface area contributed by atoms with E-state index in [1.54, 1.807) is 14.2 Å². The molecule has 1 aromatic carbocycles. The van der Waals surface area contributed by atoms with Crippen LogP contribution in [0.4, 0.5) is 0 Å². The second-order valence-electron chi connectivity index (χ2n) is 11.7. The minimum atomic E-state index is -2.74. The van der Waals surface area contributed by atoms with Gasteiger partial charge in [-0.25, -0.2) is 9.78 Å². The van der Waals surface area contributed by atoms with Gasteiger partial charge in [0.1, 0.15) is 5.82 Å². The van der Waals surface area contributed by atoms with Crippen molar-refractivity contribution >= 4 is 23.8 Å². The Morgan fingerprint density at radius 1 is 1.00 bits per heavy atom. The fourth-order valence-electron chi connectivity index (χ4n) is 6.38. The van der Waals surface area contributed by atoms with Crippen molar-refractivity contribution in [2.24, 2.45) is 11.8 Å². The zero-order chi connectivity index (χ0) is 32.6. The number of imidazole rings is 1. The van der Waals surface area contributed by atoms with Crippen molar-refractivity contribution in [1.29, 1.82) is 0 Å². The molecule has 1 amide bonds. The Kier molecular flexibility index (Phi) is 11.7. The number of carbonyl (C=O) groups excluding carboxylic acids is 1. The first-order valence-electron chi connectivity index (χ1n) is 14.7. The summed E-state index contributed by atoms with van der Waals surface area (Å²) < 4.78 is 13.0. The van der Waals surface area contributed by atoms with E-state index in [1.807, 2.05) is 18.5 Å². The van der Waals surface area contributed by atoms with Crippen molar-refractivity contribution in [2.75, 3.05) is 14.2 Å². The Balaban J connectivity index is 0.000000345. The van der Waals surface area contributed by atoms with E-state index in [1.165, 1.54) is 31.2 Å². The molecule has 1 aromatic heterocycles. The van der Waals surface area contributed by atoms with E-state index in [-0.39, 0.29) is 11.9 Å². The number of benzene rings is 1. The summed E-state index contributed by atoms with van der Waals surface area (Å²) in [5, 5.41) is 37.2. The van der Waals surface area contributed by atoms with E-state index >= 15 is 0 Å². The molecule has 13 heteroatoms. The maximum Gasteiger partial charge on any atom is 0.336 e. The summed E-state index contributed by atoms with van der Waals surface area (Å²) in [5.74, 6) is -0.452. The zero-order valence-corrected chi connectivity index (χ0v) is 25.6. The van der Waals surface area contributed by atoms with Crippen LogP contribution < -0.4 is 14.8 Å². The number of methoxy groups -OCH3 is 2. The topological polar surface area (TPSA) is 198 Å². The van der Waals surface area contributed by atoms with Gasteiger partial charge in [0.2, 0.25) is 5.91 Å². The third-order valence-corrected chi connectivity index (χ3v) is 8.43. The fourth-order valence-corrected chi connectivity index (χ4v) is 6.38. The lowest BCUT2D eigenvalue weighted by Crippen LogP contribution is -2.59. The molecule has 2 saturated carbocycles. The Hall–Kier alpha value is -4.13. The number of nitrogens with one attached hydrogen (secondary N) is 1. The van der Waals surface area contributed by atoms with E-state index < -0.39 is 36.4 Å². The smallest absolute Gasteiger partial charge is 0.336 e. The largest absolute Gasteiger partial charge is 0.493 e. The molecule has 0 saturated heterocycles. The minimum Gasteiger partial charge on any atom is -0.493 e. The molecule has 2 fully saturated rings. The van der Waals surface area contributed by atoms with Crippen LogP contribution in [0.1, 0.15) is 82.0 Å². The summed E-state index contributed by atoms with van der Waals surface area (Å²) in [7, 11) is 3.33. The van der Waals surface area contributed by atoms with Gasteiger partial charge >= 0.3 is 17.9 Å². The second-order valence-corrected chi connectivity index (χ2v) is 11.7. The van der Waals surface area contributed by atoms with Gasteiger partial charge in [-0.3, -0.25) is 14.4 Å². The number of aromatic nitrogens is 2. The zero-order valence-electron chi connectivity index (χ0n) is 25.6. The number of fused-ring (bicyclic) bond motifs is 1. The van der Waals surface area contributed by atoms with Gasteiger partial charge < -0.3 is 39.8 Å². The van der Waals surface area contributed by atoms with E-state index in [0.717, 1.165) is 17.3 Å². The quantitative estimate of drug-likeness (QED) is 0.221. The molecule has 2 unspecified atom stereocenters. The van der Waals surface area contributed by atoms with Crippen LogP contribution >= 0.6 is 0 Å².